The van der Waals surface area contributed by atoms with Gasteiger partial charge in [-0.2, -0.15) is 0 Å². The number of nitrogens with two attached hydrogens (primary N) is 1. The maximum absolute atomic E-state index is 10.3. The Kier molecular flexibility index (Phi) is 6.89. The van der Waals surface area contributed by atoms with Crippen LogP contribution < -0.4 is 10.5 Å². The molecule has 0 heterocycles. The van der Waals surface area contributed by atoms with Crippen molar-refractivity contribution in [2.45, 2.75) is 77.4 Å². The summed E-state index contributed by atoms with van der Waals surface area (Å²) in [5.41, 5.74) is 8.49. The zero-order valence-electron chi connectivity index (χ0n) is 15.0. The van der Waals surface area contributed by atoms with Crippen molar-refractivity contribution in [1.82, 2.24) is 0 Å². The smallest absolute Gasteiger partial charge is 0.122 e. The largest absolute Gasteiger partial charge is 0.496 e. The van der Waals surface area contributed by atoms with Crippen LogP contribution in [0.5, 0.6) is 5.75 Å². The molecule has 0 amide bonds. The molecule has 1 rings (SSSR count). The Morgan fingerprint density at radius 1 is 1.27 bits per heavy atom. The number of aliphatic hydroxyl groups excluding tert-OH is 1. The molecule has 3 N–H and O–H groups in total. The minimum atomic E-state index is -0.449. The van der Waals surface area contributed by atoms with Crippen LogP contribution in [-0.4, -0.2) is 24.4 Å². The molecule has 3 atom stereocenters. The molecule has 1 aromatic carbocycles. The van der Waals surface area contributed by atoms with Gasteiger partial charge in [0.05, 0.1) is 13.2 Å². The molecule has 0 aromatic heterocycles. The summed E-state index contributed by atoms with van der Waals surface area (Å²) in [6.07, 6.45) is 2.11. The molecule has 0 fully saturated rings. The van der Waals surface area contributed by atoms with Gasteiger partial charge in [0.25, 0.3) is 0 Å². The van der Waals surface area contributed by atoms with Crippen LogP contribution in [0.15, 0.2) is 18.2 Å². The van der Waals surface area contributed by atoms with Crippen molar-refractivity contribution in [3.05, 3.63) is 29.3 Å². The van der Waals surface area contributed by atoms with Gasteiger partial charge in [0, 0.05) is 6.04 Å². The summed E-state index contributed by atoms with van der Waals surface area (Å²) in [7, 11) is 1.71. The number of ether oxygens (including phenoxy) is 1. The number of methoxy groups -OCH3 is 1. The molecule has 1 aromatic rings. The van der Waals surface area contributed by atoms with E-state index < -0.39 is 6.10 Å². The molecule has 0 aliphatic carbocycles. The molecular formula is C19H33NO2. The summed E-state index contributed by atoms with van der Waals surface area (Å²) in [5, 5.41) is 10.3. The average Bonchev–Trinajstić information content (AvgIpc) is 2.45. The summed E-state index contributed by atoms with van der Waals surface area (Å²) in [5.74, 6) is 1.19. The zero-order valence-corrected chi connectivity index (χ0v) is 15.0. The molecule has 0 saturated carbocycles. The predicted octanol–water partition coefficient (Wildman–Crippen LogP) is 3.97. The molecule has 22 heavy (non-hydrogen) atoms. The first-order chi connectivity index (χ1) is 10.2. The highest BCUT2D eigenvalue weighted by Gasteiger charge is 2.22. The van der Waals surface area contributed by atoms with Gasteiger partial charge in [-0.15, -0.1) is 0 Å². The number of rotatable bonds is 7. The minimum absolute atomic E-state index is 0.0261. The fourth-order valence-electron chi connectivity index (χ4n) is 2.82. The molecule has 3 unspecified atom stereocenters. The average molecular weight is 307 g/mol. The molecule has 0 radical (unpaired) electrons. The third-order valence-electron chi connectivity index (χ3n) is 4.31. The molecule has 3 nitrogen and oxygen atoms in total. The van der Waals surface area contributed by atoms with Gasteiger partial charge < -0.3 is 15.6 Å². The Hall–Kier alpha value is -1.06. The SMILES string of the molecule is CCCC(N)C(O)CC(C)c1ccc(OC)c(C(C)(C)C)c1. The first-order valence-corrected chi connectivity index (χ1v) is 8.32. The van der Waals surface area contributed by atoms with Crippen LogP contribution in [0.3, 0.4) is 0 Å². The standard InChI is InChI=1S/C19H33NO2/c1-7-8-16(20)17(21)11-13(2)14-9-10-18(22-6)15(12-14)19(3,4)5/h9-10,12-13,16-17,21H,7-8,11,20H2,1-6H3. The normalized spacial score (nSPS) is 16.2. The molecule has 126 valence electrons. The molecule has 0 saturated heterocycles. The molecule has 0 bridgehead atoms. The van der Waals surface area contributed by atoms with Crippen molar-refractivity contribution in [3.8, 4) is 5.75 Å². The van der Waals surface area contributed by atoms with E-state index in [0.717, 1.165) is 18.6 Å². The highest BCUT2D eigenvalue weighted by atomic mass is 16.5. The maximum Gasteiger partial charge on any atom is 0.122 e. The zero-order chi connectivity index (χ0) is 16.9. The lowest BCUT2D eigenvalue weighted by atomic mass is 9.82. The van der Waals surface area contributed by atoms with Crippen LogP contribution in [0.4, 0.5) is 0 Å². The van der Waals surface area contributed by atoms with Gasteiger partial charge in [0.2, 0.25) is 0 Å². The van der Waals surface area contributed by atoms with Gasteiger partial charge >= 0.3 is 0 Å². The summed E-state index contributed by atoms with van der Waals surface area (Å²) in [6.45, 7) is 10.8. The summed E-state index contributed by atoms with van der Waals surface area (Å²) in [6, 6.07) is 6.20. The molecule has 3 heteroatoms. The Morgan fingerprint density at radius 3 is 2.41 bits per heavy atom. The number of hydrogen-bond acceptors (Lipinski definition) is 3. The molecule has 0 aliphatic rings. The van der Waals surface area contributed by atoms with Crippen molar-refractivity contribution in [3.63, 3.8) is 0 Å². The Bertz CT molecular complexity index is 465. The van der Waals surface area contributed by atoms with Crippen molar-refractivity contribution in [1.29, 1.82) is 0 Å². The van der Waals surface area contributed by atoms with E-state index in [-0.39, 0.29) is 17.4 Å². The third-order valence-corrected chi connectivity index (χ3v) is 4.31. The van der Waals surface area contributed by atoms with Crippen LogP contribution in [0.2, 0.25) is 0 Å². The van der Waals surface area contributed by atoms with Crippen molar-refractivity contribution in [2.24, 2.45) is 5.73 Å². The summed E-state index contributed by atoms with van der Waals surface area (Å²) < 4.78 is 5.49. The van der Waals surface area contributed by atoms with E-state index >= 15 is 0 Å². The first kappa shape index (κ1) is 19.0. The number of benzene rings is 1. The van der Waals surface area contributed by atoms with Gasteiger partial charge in [-0.3, -0.25) is 0 Å². The third kappa shape index (κ3) is 4.99. The van der Waals surface area contributed by atoms with E-state index in [1.165, 1.54) is 11.1 Å². The van der Waals surface area contributed by atoms with E-state index in [2.05, 4.69) is 46.8 Å². The van der Waals surface area contributed by atoms with Crippen LogP contribution in [0.1, 0.15) is 70.9 Å². The van der Waals surface area contributed by atoms with Crippen LogP contribution >= 0.6 is 0 Å². The summed E-state index contributed by atoms with van der Waals surface area (Å²) in [4.78, 5) is 0. The van der Waals surface area contributed by atoms with Gasteiger partial charge in [0.15, 0.2) is 0 Å². The maximum atomic E-state index is 10.3. The van der Waals surface area contributed by atoms with Crippen molar-refractivity contribution in [2.75, 3.05) is 7.11 Å². The summed E-state index contributed by atoms with van der Waals surface area (Å²) >= 11 is 0. The lowest BCUT2D eigenvalue weighted by Crippen LogP contribution is -2.35. The van der Waals surface area contributed by atoms with E-state index in [1.807, 2.05) is 6.07 Å². The van der Waals surface area contributed by atoms with Gasteiger partial charge in [-0.25, -0.2) is 0 Å². The Morgan fingerprint density at radius 2 is 1.91 bits per heavy atom. The van der Waals surface area contributed by atoms with Gasteiger partial charge in [-0.05, 0) is 41.4 Å². The highest BCUT2D eigenvalue weighted by Crippen LogP contribution is 2.34. The lowest BCUT2D eigenvalue weighted by Gasteiger charge is -2.26. The fourth-order valence-corrected chi connectivity index (χ4v) is 2.82. The molecule has 0 spiro atoms. The Labute approximate surface area is 135 Å². The Balaban J connectivity index is 2.92. The monoisotopic (exact) mass is 307 g/mol. The number of hydrogen-bond donors (Lipinski definition) is 2. The first-order valence-electron chi connectivity index (χ1n) is 8.32. The van der Waals surface area contributed by atoms with E-state index in [0.29, 0.717) is 6.42 Å². The lowest BCUT2D eigenvalue weighted by molar-refractivity contribution is 0.124. The van der Waals surface area contributed by atoms with Gasteiger partial charge in [-0.1, -0.05) is 53.2 Å². The minimum Gasteiger partial charge on any atom is -0.496 e. The van der Waals surface area contributed by atoms with E-state index in [4.69, 9.17) is 10.5 Å². The van der Waals surface area contributed by atoms with Crippen LogP contribution in [0.25, 0.3) is 0 Å². The predicted molar refractivity (Wildman–Crippen MR) is 93.6 cm³/mol. The quantitative estimate of drug-likeness (QED) is 0.801. The second-order valence-corrected chi connectivity index (χ2v) is 7.37. The van der Waals surface area contributed by atoms with Gasteiger partial charge in [0.1, 0.15) is 5.75 Å². The van der Waals surface area contributed by atoms with E-state index in [1.54, 1.807) is 7.11 Å². The fraction of sp³-hybridized carbons (Fsp3) is 0.684. The topological polar surface area (TPSA) is 55.5 Å². The number of aliphatic hydroxyl groups is 1. The second kappa shape index (κ2) is 7.98. The van der Waals surface area contributed by atoms with Crippen molar-refractivity contribution < 1.29 is 9.84 Å². The van der Waals surface area contributed by atoms with E-state index in [9.17, 15) is 5.11 Å². The molecular weight excluding hydrogens is 274 g/mol. The highest BCUT2D eigenvalue weighted by molar-refractivity contribution is 5.42. The van der Waals surface area contributed by atoms with Crippen LogP contribution in [0, 0.1) is 0 Å². The van der Waals surface area contributed by atoms with Crippen LogP contribution in [-0.2, 0) is 5.41 Å². The second-order valence-electron chi connectivity index (χ2n) is 7.37. The van der Waals surface area contributed by atoms with Crippen molar-refractivity contribution >= 4 is 0 Å². The molecule has 0 aliphatic heterocycles.